The molecule has 3 atom stereocenters. The Bertz CT molecular complexity index is 1400. The molecule has 0 amide bonds. The Hall–Kier alpha value is -4.06. The Morgan fingerprint density at radius 3 is 2.76 bits per heavy atom. The number of aryl methyl sites for hydroxylation is 2. The third kappa shape index (κ3) is 5.44. The highest BCUT2D eigenvalue weighted by molar-refractivity contribution is 6.01. The second kappa shape index (κ2) is 11.1. The van der Waals surface area contributed by atoms with Gasteiger partial charge in [0.25, 0.3) is 0 Å². The number of carbonyl (C=O) groups is 2. The van der Waals surface area contributed by atoms with Crippen LogP contribution in [-0.4, -0.2) is 33.9 Å². The first-order chi connectivity index (χ1) is 18.4. The van der Waals surface area contributed by atoms with Crippen LogP contribution in [0.2, 0.25) is 0 Å². The van der Waals surface area contributed by atoms with Crippen molar-refractivity contribution in [3.05, 3.63) is 88.8 Å². The van der Waals surface area contributed by atoms with Gasteiger partial charge >= 0.3 is 0 Å². The number of fused-ring (bicyclic) bond motifs is 2. The molecule has 38 heavy (non-hydrogen) atoms. The molecular formula is C32H33NO5. The Morgan fingerprint density at radius 2 is 1.92 bits per heavy atom. The highest BCUT2D eigenvalue weighted by atomic mass is 16.5. The van der Waals surface area contributed by atoms with E-state index in [9.17, 15) is 19.8 Å². The summed E-state index contributed by atoms with van der Waals surface area (Å²) in [5, 5.41) is 20.1. The summed E-state index contributed by atoms with van der Waals surface area (Å²) < 4.78 is 5.15. The zero-order chi connectivity index (χ0) is 26.6. The summed E-state index contributed by atoms with van der Waals surface area (Å²) in [7, 11) is 1.49. The third-order valence-electron chi connectivity index (χ3n) is 7.85. The zero-order valence-electron chi connectivity index (χ0n) is 21.5. The first-order valence-electron chi connectivity index (χ1n) is 13.2. The van der Waals surface area contributed by atoms with Crippen molar-refractivity contribution in [1.29, 1.82) is 0 Å². The summed E-state index contributed by atoms with van der Waals surface area (Å²) in [5.41, 5.74) is 5.03. The van der Waals surface area contributed by atoms with Crippen molar-refractivity contribution in [3.63, 3.8) is 0 Å². The molecule has 5 rings (SSSR count). The summed E-state index contributed by atoms with van der Waals surface area (Å²) >= 11 is 0. The monoisotopic (exact) mass is 511 g/mol. The van der Waals surface area contributed by atoms with Gasteiger partial charge in [0.05, 0.1) is 13.5 Å². The molecule has 3 aromatic rings. The molecule has 2 aromatic carbocycles. The molecule has 0 bridgehead atoms. The third-order valence-corrected chi connectivity index (χ3v) is 7.85. The lowest BCUT2D eigenvalue weighted by Gasteiger charge is -2.29. The van der Waals surface area contributed by atoms with E-state index in [0.717, 1.165) is 47.2 Å². The Kier molecular flexibility index (Phi) is 7.50. The van der Waals surface area contributed by atoms with Crippen molar-refractivity contribution in [2.45, 2.75) is 44.4 Å². The minimum absolute atomic E-state index is 0.0210. The molecular weight excluding hydrogens is 478 g/mol. The molecule has 3 unspecified atom stereocenters. The average molecular weight is 512 g/mol. The molecule has 1 aromatic heterocycles. The van der Waals surface area contributed by atoms with Gasteiger partial charge < -0.3 is 19.9 Å². The number of carbonyl (C=O) groups excluding carboxylic acids is 2. The number of aromatic hydroxyl groups is 2. The number of hydrogen-bond acceptors (Lipinski definition) is 5. The van der Waals surface area contributed by atoms with E-state index in [4.69, 9.17) is 4.74 Å². The quantitative estimate of drug-likeness (QED) is 0.307. The van der Waals surface area contributed by atoms with Crippen LogP contribution in [-0.2, 0) is 22.4 Å². The fourth-order valence-electron chi connectivity index (χ4n) is 5.76. The highest BCUT2D eigenvalue weighted by Crippen LogP contribution is 2.41. The van der Waals surface area contributed by atoms with E-state index in [0.29, 0.717) is 17.9 Å². The maximum absolute atomic E-state index is 13.5. The Labute approximate surface area is 222 Å². The number of aromatic amines is 1. The van der Waals surface area contributed by atoms with Gasteiger partial charge in [0.15, 0.2) is 11.5 Å². The van der Waals surface area contributed by atoms with Gasteiger partial charge in [-0.2, -0.15) is 0 Å². The topological polar surface area (TPSA) is 99.6 Å². The van der Waals surface area contributed by atoms with Crippen LogP contribution >= 0.6 is 0 Å². The number of phenolic OH excluding ortho intramolecular Hbond substituents is 2. The fraction of sp³-hybridized carbons (Fsp3) is 0.312. The van der Waals surface area contributed by atoms with Crippen LogP contribution in [0.5, 0.6) is 17.2 Å². The van der Waals surface area contributed by atoms with E-state index in [1.807, 2.05) is 36.6 Å². The smallest absolute Gasteiger partial charge is 0.160 e. The number of rotatable bonds is 9. The molecule has 2 aliphatic rings. The summed E-state index contributed by atoms with van der Waals surface area (Å²) in [5.74, 6) is 0.451. The van der Waals surface area contributed by atoms with Crippen LogP contribution in [0, 0.1) is 11.8 Å². The fourth-order valence-corrected chi connectivity index (χ4v) is 5.76. The van der Waals surface area contributed by atoms with Gasteiger partial charge in [0, 0.05) is 29.8 Å². The molecule has 0 spiro atoms. The molecule has 0 radical (unpaired) electrons. The van der Waals surface area contributed by atoms with Crippen molar-refractivity contribution in [3.8, 4) is 17.2 Å². The number of methoxy groups -OCH3 is 1. The average Bonchev–Trinajstić information content (AvgIpc) is 3.30. The van der Waals surface area contributed by atoms with Crippen LogP contribution < -0.4 is 4.74 Å². The predicted molar refractivity (Wildman–Crippen MR) is 147 cm³/mol. The lowest BCUT2D eigenvalue weighted by molar-refractivity contribution is -0.128. The Balaban J connectivity index is 1.26. The van der Waals surface area contributed by atoms with Crippen molar-refractivity contribution in [2.75, 3.05) is 7.11 Å². The van der Waals surface area contributed by atoms with Gasteiger partial charge in [-0.1, -0.05) is 36.4 Å². The van der Waals surface area contributed by atoms with E-state index in [1.165, 1.54) is 7.11 Å². The lowest BCUT2D eigenvalue weighted by Crippen LogP contribution is -2.26. The van der Waals surface area contributed by atoms with Crippen molar-refractivity contribution in [2.24, 2.45) is 11.8 Å². The van der Waals surface area contributed by atoms with E-state index >= 15 is 0 Å². The summed E-state index contributed by atoms with van der Waals surface area (Å²) in [4.78, 5) is 29.5. The minimum Gasteiger partial charge on any atom is -0.507 e. The second-order valence-corrected chi connectivity index (χ2v) is 10.3. The van der Waals surface area contributed by atoms with Crippen LogP contribution in [0.1, 0.15) is 59.5 Å². The number of ether oxygens (including phenoxy) is 1. The van der Waals surface area contributed by atoms with Crippen molar-refractivity contribution in [1.82, 2.24) is 4.98 Å². The molecule has 6 nitrogen and oxygen atoms in total. The van der Waals surface area contributed by atoms with Crippen LogP contribution in [0.4, 0.5) is 0 Å². The van der Waals surface area contributed by atoms with Gasteiger partial charge in [0.2, 0.25) is 0 Å². The van der Waals surface area contributed by atoms with Gasteiger partial charge in [-0.3, -0.25) is 9.59 Å². The van der Waals surface area contributed by atoms with Crippen LogP contribution in [0.3, 0.4) is 0 Å². The number of allylic oxidation sites excluding steroid dienone is 2. The number of benzene rings is 2. The predicted octanol–water partition coefficient (Wildman–Crippen LogP) is 5.99. The van der Waals surface area contributed by atoms with E-state index in [2.05, 4.69) is 17.1 Å². The molecule has 0 aliphatic heterocycles. The number of phenols is 2. The molecule has 6 heteroatoms. The SMILES string of the molecule is COc1cc(CCC(=O)CC(=O)C2C=Cc3[nH]ccc3C2CC2C=Cc3c(O)cccc3CC2)ccc1O. The highest BCUT2D eigenvalue weighted by Gasteiger charge is 2.34. The zero-order valence-corrected chi connectivity index (χ0v) is 21.5. The molecule has 1 heterocycles. The van der Waals surface area contributed by atoms with E-state index < -0.39 is 0 Å². The second-order valence-electron chi connectivity index (χ2n) is 10.3. The normalized spacial score (nSPS) is 19.9. The number of nitrogens with one attached hydrogen (secondary N) is 1. The molecule has 0 fully saturated rings. The molecule has 2 aliphatic carbocycles. The molecule has 196 valence electrons. The van der Waals surface area contributed by atoms with E-state index in [-0.39, 0.29) is 47.9 Å². The van der Waals surface area contributed by atoms with Crippen molar-refractivity contribution >= 4 is 23.7 Å². The minimum atomic E-state index is -0.358. The largest absolute Gasteiger partial charge is 0.507 e. The number of ketones is 2. The number of H-pyrrole nitrogens is 1. The number of hydrogen-bond donors (Lipinski definition) is 3. The van der Waals surface area contributed by atoms with Gasteiger partial charge in [0.1, 0.15) is 17.3 Å². The molecule has 0 saturated heterocycles. The van der Waals surface area contributed by atoms with Crippen LogP contribution in [0.15, 0.2) is 60.8 Å². The molecule has 3 N–H and O–H groups in total. The first-order valence-corrected chi connectivity index (χ1v) is 13.2. The standard InChI is InChI=1S/C32H33NO5/c1-38-32-18-21(8-14-30(32)36)6-10-23(34)19-31(37)26-12-13-28-25(15-16-33-28)27(26)17-20-5-9-22-3-2-4-29(35)24(22)11-7-20/h2-4,7-8,11-16,18,20,26-27,33,35-36H,5-6,9-10,17,19H2,1H3. The lowest BCUT2D eigenvalue weighted by atomic mass is 9.73. The summed E-state index contributed by atoms with van der Waals surface area (Å²) in [6.07, 6.45) is 13.2. The first kappa shape index (κ1) is 25.6. The molecule has 0 saturated carbocycles. The summed E-state index contributed by atoms with van der Waals surface area (Å²) in [6.45, 7) is 0. The maximum atomic E-state index is 13.5. The van der Waals surface area contributed by atoms with Gasteiger partial charge in [-0.25, -0.2) is 0 Å². The number of aromatic nitrogens is 1. The van der Waals surface area contributed by atoms with Gasteiger partial charge in [-0.15, -0.1) is 0 Å². The van der Waals surface area contributed by atoms with Crippen molar-refractivity contribution < 1.29 is 24.5 Å². The van der Waals surface area contributed by atoms with Crippen LogP contribution in [0.25, 0.3) is 12.2 Å². The maximum Gasteiger partial charge on any atom is 0.160 e. The summed E-state index contributed by atoms with van der Waals surface area (Å²) in [6, 6.07) is 12.7. The van der Waals surface area contributed by atoms with E-state index in [1.54, 1.807) is 24.3 Å². The van der Waals surface area contributed by atoms with Gasteiger partial charge in [-0.05, 0) is 84.6 Å². The number of Topliss-reactive ketones (excluding diaryl/α,β-unsaturated/α-hetero) is 2. The Morgan fingerprint density at radius 1 is 1.05 bits per heavy atom.